The second-order valence-electron chi connectivity index (χ2n) is 6.54. The molecule has 0 aromatic heterocycles. The van der Waals surface area contributed by atoms with Gasteiger partial charge < -0.3 is 9.47 Å². The first-order valence-electron chi connectivity index (χ1n) is 9.60. The molecule has 1 rings (SSSR count). The Morgan fingerprint density at radius 1 is 0.435 bits per heavy atom. The van der Waals surface area contributed by atoms with Gasteiger partial charge in [0.25, 0.3) is 0 Å². The van der Waals surface area contributed by atoms with Gasteiger partial charge in [0, 0.05) is 12.8 Å². The molecule has 0 amide bonds. The molecule has 4 nitrogen and oxygen atoms in total. The van der Waals surface area contributed by atoms with E-state index in [4.69, 9.17) is 9.47 Å². The second kappa shape index (κ2) is 14.5. The van der Waals surface area contributed by atoms with Crippen molar-refractivity contribution in [2.45, 2.75) is 96.3 Å². The Morgan fingerprint density at radius 2 is 0.739 bits per heavy atom. The maximum atomic E-state index is 11.6. The van der Waals surface area contributed by atoms with E-state index in [0.29, 0.717) is 26.1 Å². The highest BCUT2D eigenvalue weighted by Gasteiger charge is 2.04. The zero-order valence-electron chi connectivity index (χ0n) is 14.7. The van der Waals surface area contributed by atoms with Gasteiger partial charge in [0.1, 0.15) is 0 Å². The van der Waals surface area contributed by atoms with Gasteiger partial charge in [-0.05, 0) is 25.7 Å². The summed E-state index contributed by atoms with van der Waals surface area (Å²) >= 11 is 0. The van der Waals surface area contributed by atoms with Gasteiger partial charge in [-0.15, -0.1) is 0 Å². The van der Waals surface area contributed by atoms with Crippen LogP contribution >= 0.6 is 0 Å². The lowest BCUT2D eigenvalue weighted by Gasteiger charge is -2.05. The number of hydrogen-bond acceptors (Lipinski definition) is 4. The minimum atomic E-state index is -0.0429. The summed E-state index contributed by atoms with van der Waals surface area (Å²) in [5.41, 5.74) is 0. The quantitative estimate of drug-likeness (QED) is 0.592. The molecular weight excluding hydrogens is 292 g/mol. The van der Waals surface area contributed by atoms with Crippen LogP contribution in [0.3, 0.4) is 0 Å². The molecule has 134 valence electrons. The van der Waals surface area contributed by atoms with Crippen molar-refractivity contribution in [1.82, 2.24) is 0 Å². The molecule has 0 spiro atoms. The van der Waals surface area contributed by atoms with Crippen molar-refractivity contribution in [2.75, 3.05) is 13.2 Å². The molecule has 1 saturated heterocycles. The molecule has 0 aromatic carbocycles. The average Bonchev–Trinajstić information content (AvgIpc) is 2.54. The summed E-state index contributed by atoms with van der Waals surface area (Å²) in [5, 5.41) is 0. The molecule has 0 bridgehead atoms. The van der Waals surface area contributed by atoms with E-state index in [1.54, 1.807) is 0 Å². The lowest BCUT2D eigenvalue weighted by Crippen LogP contribution is -2.05. The molecule has 0 aromatic rings. The van der Waals surface area contributed by atoms with Crippen molar-refractivity contribution in [3.05, 3.63) is 0 Å². The fourth-order valence-corrected chi connectivity index (χ4v) is 2.85. The largest absolute Gasteiger partial charge is 0.466 e. The van der Waals surface area contributed by atoms with Crippen LogP contribution in [0.4, 0.5) is 0 Å². The van der Waals surface area contributed by atoms with Crippen LogP contribution in [0.25, 0.3) is 0 Å². The van der Waals surface area contributed by atoms with Crippen LogP contribution in [0.15, 0.2) is 0 Å². The second-order valence-corrected chi connectivity index (χ2v) is 6.54. The van der Waals surface area contributed by atoms with Crippen molar-refractivity contribution < 1.29 is 19.1 Å². The number of hydrogen-bond donors (Lipinski definition) is 0. The minimum absolute atomic E-state index is 0.0429. The smallest absolute Gasteiger partial charge is 0.305 e. The van der Waals surface area contributed by atoms with E-state index in [0.717, 1.165) is 64.2 Å². The summed E-state index contributed by atoms with van der Waals surface area (Å²) in [5.74, 6) is -0.0859. The lowest BCUT2D eigenvalue weighted by atomic mass is 10.1. The van der Waals surface area contributed by atoms with E-state index < -0.39 is 0 Å². The molecule has 1 heterocycles. The molecule has 1 aliphatic heterocycles. The number of carbonyl (C=O) groups excluding carboxylic acids is 2. The molecule has 0 radical (unpaired) electrons. The number of rotatable bonds is 0. The van der Waals surface area contributed by atoms with Gasteiger partial charge in [-0.3, -0.25) is 9.59 Å². The van der Waals surface area contributed by atoms with Crippen LogP contribution in [0.1, 0.15) is 96.3 Å². The summed E-state index contributed by atoms with van der Waals surface area (Å²) in [6, 6.07) is 0. The van der Waals surface area contributed by atoms with Gasteiger partial charge in [0.15, 0.2) is 0 Å². The first kappa shape index (κ1) is 20.0. The third-order valence-corrected chi connectivity index (χ3v) is 4.33. The average molecular weight is 326 g/mol. The standard InChI is InChI=1S/C19H34O4/c20-18-14-10-6-2-3-7-11-15-19(21)23-17-13-9-5-1-4-8-12-16-22-18/h1-17H2. The normalized spacial score (nSPS) is 22.4. The molecule has 0 unspecified atom stereocenters. The molecule has 0 aliphatic carbocycles. The number of ether oxygens (including phenoxy) is 2. The zero-order chi connectivity index (χ0) is 16.6. The summed E-state index contributed by atoms with van der Waals surface area (Å²) in [7, 11) is 0. The number of esters is 2. The SMILES string of the molecule is O=C1CCCCCCCCC(=O)OCCCCCCCCCO1. The first-order chi connectivity index (χ1) is 11.3. The minimum Gasteiger partial charge on any atom is -0.466 e. The highest BCUT2D eigenvalue weighted by atomic mass is 16.5. The van der Waals surface area contributed by atoms with E-state index >= 15 is 0 Å². The van der Waals surface area contributed by atoms with E-state index in [-0.39, 0.29) is 11.9 Å². The Balaban J connectivity index is 2.17. The fourth-order valence-electron chi connectivity index (χ4n) is 2.85. The topological polar surface area (TPSA) is 52.6 Å². The van der Waals surface area contributed by atoms with E-state index in [2.05, 4.69) is 0 Å². The van der Waals surface area contributed by atoms with Gasteiger partial charge >= 0.3 is 11.9 Å². The van der Waals surface area contributed by atoms with E-state index in [1.807, 2.05) is 0 Å². The summed E-state index contributed by atoms with van der Waals surface area (Å²) in [4.78, 5) is 23.1. The van der Waals surface area contributed by atoms with Crippen LogP contribution in [0.5, 0.6) is 0 Å². The number of cyclic esters (lactones) is 2. The molecule has 23 heavy (non-hydrogen) atoms. The fraction of sp³-hybridized carbons (Fsp3) is 0.895. The highest BCUT2D eigenvalue weighted by Crippen LogP contribution is 2.11. The molecule has 1 fully saturated rings. The van der Waals surface area contributed by atoms with Gasteiger partial charge in [-0.25, -0.2) is 0 Å². The van der Waals surface area contributed by atoms with Gasteiger partial charge in [0.05, 0.1) is 13.2 Å². The first-order valence-corrected chi connectivity index (χ1v) is 9.60. The van der Waals surface area contributed by atoms with Gasteiger partial charge in [0.2, 0.25) is 0 Å². The Hall–Kier alpha value is -1.06. The molecular formula is C19H34O4. The van der Waals surface area contributed by atoms with Crippen molar-refractivity contribution in [1.29, 1.82) is 0 Å². The maximum absolute atomic E-state index is 11.6. The number of carbonyl (C=O) groups is 2. The summed E-state index contributed by atoms with van der Waals surface area (Å²) in [6.07, 6.45) is 15.1. The Bertz CT molecular complexity index is 284. The van der Waals surface area contributed by atoms with Crippen molar-refractivity contribution in [2.24, 2.45) is 0 Å². The summed E-state index contributed by atoms with van der Waals surface area (Å²) < 4.78 is 10.5. The highest BCUT2D eigenvalue weighted by molar-refractivity contribution is 5.69. The Labute approximate surface area is 141 Å². The predicted octanol–water partition coefficient (Wildman–Crippen LogP) is 4.94. The van der Waals surface area contributed by atoms with Crippen LogP contribution < -0.4 is 0 Å². The van der Waals surface area contributed by atoms with Crippen LogP contribution in [-0.2, 0) is 19.1 Å². The predicted molar refractivity (Wildman–Crippen MR) is 91.2 cm³/mol. The Kier molecular flexibility index (Phi) is 12.6. The van der Waals surface area contributed by atoms with Crippen LogP contribution in [0, 0.1) is 0 Å². The Morgan fingerprint density at radius 3 is 1.13 bits per heavy atom. The lowest BCUT2D eigenvalue weighted by molar-refractivity contribution is -0.144. The van der Waals surface area contributed by atoms with Gasteiger partial charge in [-0.2, -0.15) is 0 Å². The molecule has 0 atom stereocenters. The van der Waals surface area contributed by atoms with Crippen molar-refractivity contribution >= 4 is 11.9 Å². The summed E-state index contributed by atoms with van der Waals surface area (Å²) in [6.45, 7) is 1.16. The third-order valence-electron chi connectivity index (χ3n) is 4.33. The van der Waals surface area contributed by atoms with Crippen LogP contribution in [0.2, 0.25) is 0 Å². The van der Waals surface area contributed by atoms with E-state index in [1.165, 1.54) is 19.3 Å². The third kappa shape index (κ3) is 13.1. The monoisotopic (exact) mass is 326 g/mol. The maximum Gasteiger partial charge on any atom is 0.305 e. The van der Waals surface area contributed by atoms with E-state index in [9.17, 15) is 9.59 Å². The van der Waals surface area contributed by atoms with Gasteiger partial charge in [-0.1, -0.05) is 57.8 Å². The molecule has 0 saturated carbocycles. The van der Waals surface area contributed by atoms with Crippen molar-refractivity contribution in [3.8, 4) is 0 Å². The molecule has 1 aliphatic rings. The van der Waals surface area contributed by atoms with Crippen molar-refractivity contribution in [3.63, 3.8) is 0 Å². The molecule has 0 N–H and O–H groups in total. The zero-order valence-corrected chi connectivity index (χ0v) is 14.7. The van der Waals surface area contributed by atoms with Crippen LogP contribution in [-0.4, -0.2) is 25.2 Å². The molecule has 4 heteroatoms.